The fourth-order valence-electron chi connectivity index (χ4n) is 2.42. The Labute approximate surface area is 129 Å². The van der Waals surface area contributed by atoms with E-state index in [0.717, 1.165) is 29.9 Å². The Kier molecular flexibility index (Phi) is 4.35. The van der Waals surface area contributed by atoms with Crippen molar-refractivity contribution in [3.63, 3.8) is 0 Å². The van der Waals surface area contributed by atoms with Crippen molar-refractivity contribution in [2.24, 2.45) is 0 Å². The van der Waals surface area contributed by atoms with E-state index >= 15 is 0 Å². The summed E-state index contributed by atoms with van der Waals surface area (Å²) in [5.41, 5.74) is 3.92. The minimum Gasteiger partial charge on any atom is -0.355 e. The summed E-state index contributed by atoms with van der Waals surface area (Å²) in [6, 6.07) is 23.7. The molecule has 1 aromatic heterocycles. The van der Waals surface area contributed by atoms with Crippen LogP contribution in [-0.4, -0.2) is 4.98 Å². The average Bonchev–Trinajstić information content (AvgIpc) is 2.54. The SMILES string of the molecule is O=c1cc(Nc2ccccc2)cc(CCc2ccccc2)[nH]1. The number of aromatic amines is 1. The van der Waals surface area contributed by atoms with Crippen molar-refractivity contribution < 1.29 is 0 Å². The maximum atomic E-state index is 11.8. The molecular weight excluding hydrogens is 272 g/mol. The second-order valence-corrected chi connectivity index (χ2v) is 5.24. The van der Waals surface area contributed by atoms with Gasteiger partial charge in [-0.3, -0.25) is 4.79 Å². The lowest BCUT2D eigenvalue weighted by molar-refractivity contribution is 0.905. The summed E-state index contributed by atoms with van der Waals surface area (Å²) >= 11 is 0. The molecule has 2 N–H and O–H groups in total. The minimum absolute atomic E-state index is 0.0796. The zero-order chi connectivity index (χ0) is 15.2. The fraction of sp³-hybridized carbons (Fsp3) is 0.105. The lowest BCUT2D eigenvalue weighted by Crippen LogP contribution is -2.10. The van der Waals surface area contributed by atoms with E-state index in [1.165, 1.54) is 5.56 Å². The van der Waals surface area contributed by atoms with Crippen LogP contribution in [0.3, 0.4) is 0 Å². The molecule has 0 aliphatic heterocycles. The van der Waals surface area contributed by atoms with E-state index in [2.05, 4.69) is 22.4 Å². The molecule has 0 fully saturated rings. The molecule has 0 bridgehead atoms. The van der Waals surface area contributed by atoms with Crippen LogP contribution in [-0.2, 0) is 12.8 Å². The first kappa shape index (κ1) is 14.1. The Morgan fingerprint density at radius 3 is 2.18 bits per heavy atom. The molecule has 0 saturated heterocycles. The first-order valence-electron chi connectivity index (χ1n) is 7.39. The molecule has 3 nitrogen and oxygen atoms in total. The van der Waals surface area contributed by atoms with Gasteiger partial charge in [-0.05, 0) is 36.6 Å². The Hall–Kier alpha value is -2.81. The van der Waals surface area contributed by atoms with Crippen molar-refractivity contribution in [1.82, 2.24) is 4.98 Å². The molecule has 0 spiro atoms. The molecule has 3 aromatic rings. The molecule has 0 unspecified atom stereocenters. The average molecular weight is 290 g/mol. The number of pyridine rings is 1. The molecule has 0 radical (unpaired) electrons. The number of aryl methyl sites for hydroxylation is 2. The predicted octanol–water partition coefficient (Wildman–Crippen LogP) is 3.90. The zero-order valence-corrected chi connectivity index (χ0v) is 12.3. The largest absolute Gasteiger partial charge is 0.355 e. The number of anilines is 2. The highest BCUT2D eigenvalue weighted by Gasteiger charge is 2.01. The summed E-state index contributed by atoms with van der Waals surface area (Å²) in [6.07, 6.45) is 1.72. The second-order valence-electron chi connectivity index (χ2n) is 5.24. The van der Waals surface area contributed by atoms with Crippen LogP contribution >= 0.6 is 0 Å². The van der Waals surface area contributed by atoms with Crippen LogP contribution in [0.2, 0.25) is 0 Å². The standard InChI is InChI=1S/C19H18N2O/c22-19-14-18(20-16-9-5-2-6-10-16)13-17(21-19)12-11-15-7-3-1-4-8-15/h1-10,13-14H,11-12H2,(H2,20,21,22). The van der Waals surface area contributed by atoms with Crippen molar-refractivity contribution >= 4 is 11.4 Å². The van der Waals surface area contributed by atoms with Gasteiger partial charge in [-0.2, -0.15) is 0 Å². The summed E-state index contributed by atoms with van der Waals surface area (Å²) in [5, 5.41) is 3.26. The number of benzene rings is 2. The number of nitrogens with one attached hydrogen (secondary N) is 2. The van der Waals surface area contributed by atoms with Gasteiger partial charge >= 0.3 is 0 Å². The van der Waals surface area contributed by atoms with Crippen LogP contribution in [0.15, 0.2) is 77.6 Å². The van der Waals surface area contributed by atoms with Crippen LogP contribution in [0.25, 0.3) is 0 Å². The van der Waals surface area contributed by atoms with Crippen LogP contribution < -0.4 is 10.9 Å². The third kappa shape index (κ3) is 3.85. The van der Waals surface area contributed by atoms with Gasteiger partial charge in [0.25, 0.3) is 0 Å². The molecule has 0 atom stereocenters. The van der Waals surface area contributed by atoms with E-state index in [9.17, 15) is 4.79 Å². The van der Waals surface area contributed by atoms with Gasteiger partial charge in [0.15, 0.2) is 0 Å². The molecule has 0 amide bonds. The molecule has 0 aliphatic carbocycles. The quantitative estimate of drug-likeness (QED) is 0.748. The zero-order valence-electron chi connectivity index (χ0n) is 12.3. The smallest absolute Gasteiger partial charge is 0.250 e. The summed E-state index contributed by atoms with van der Waals surface area (Å²) in [5.74, 6) is 0. The van der Waals surface area contributed by atoms with E-state index in [1.807, 2.05) is 54.6 Å². The molecule has 3 rings (SSSR count). The Bertz CT molecular complexity index is 779. The first-order chi connectivity index (χ1) is 10.8. The monoisotopic (exact) mass is 290 g/mol. The number of rotatable bonds is 5. The van der Waals surface area contributed by atoms with Gasteiger partial charge in [0.05, 0.1) is 0 Å². The Balaban J connectivity index is 1.74. The van der Waals surface area contributed by atoms with Crippen LogP contribution in [0, 0.1) is 0 Å². The normalized spacial score (nSPS) is 10.4. The second kappa shape index (κ2) is 6.76. The lowest BCUT2D eigenvalue weighted by Gasteiger charge is -2.08. The van der Waals surface area contributed by atoms with Gasteiger partial charge in [-0.15, -0.1) is 0 Å². The van der Waals surface area contributed by atoms with Crippen molar-refractivity contribution in [2.45, 2.75) is 12.8 Å². The van der Waals surface area contributed by atoms with Gasteiger partial charge < -0.3 is 10.3 Å². The Morgan fingerprint density at radius 2 is 1.45 bits per heavy atom. The molecule has 2 aromatic carbocycles. The van der Waals surface area contributed by atoms with Crippen LogP contribution in [0.4, 0.5) is 11.4 Å². The summed E-state index contributed by atoms with van der Waals surface area (Å²) in [7, 11) is 0. The minimum atomic E-state index is -0.0796. The van der Waals surface area contributed by atoms with Crippen LogP contribution in [0.5, 0.6) is 0 Å². The van der Waals surface area contributed by atoms with E-state index in [0.29, 0.717) is 0 Å². The van der Waals surface area contributed by atoms with Gasteiger partial charge in [-0.1, -0.05) is 48.5 Å². The van der Waals surface area contributed by atoms with E-state index < -0.39 is 0 Å². The van der Waals surface area contributed by atoms with E-state index in [1.54, 1.807) is 6.07 Å². The van der Waals surface area contributed by atoms with Gasteiger partial charge in [0.1, 0.15) is 0 Å². The number of H-pyrrole nitrogens is 1. The molecule has 110 valence electrons. The maximum Gasteiger partial charge on any atom is 0.250 e. The van der Waals surface area contributed by atoms with Gasteiger partial charge in [0.2, 0.25) is 5.56 Å². The predicted molar refractivity (Wildman–Crippen MR) is 90.6 cm³/mol. The number of para-hydroxylation sites is 1. The summed E-state index contributed by atoms with van der Waals surface area (Å²) < 4.78 is 0. The van der Waals surface area contributed by atoms with Crippen molar-refractivity contribution in [3.05, 3.63) is 94.4 Å². The molecule has 3 heteroatoms. The first-order valence-corrected chi connectivity index (χ1v) is 7.39. The molecule has 1 heterocycles. The molecule has 0 aliphatic rings. The third-order valence-corrected chi connectivity index (χ3v) is 3.49. The highest BCUT2D eigenvalue weighted by Crippen LogP contribution is 2.15. The third-order valence-electron chi connectivity index (χ3n) is 3.49. The van der Waals surface area contributed by atoms with E-state index in [-0.39, 0.29) is 5.56 Å². The molecule has 22 heavy (non-hydrogen) atoms. The topological polar surface area (TPSA) is 44.9 Å². The number of hydrogen-bond acceptors (Lipinski definition) is 2. The van der Waals surface area contributed by atoms with Crippen LogP contribution in [0.1, 0.15) is 11.3 Å². The number of hydrogen-bond donors (Lipinski definition) is 2. The fourth-order valence-corrected chi connectivity index (χ4v) is 2.42. The van der Waals surface area contributed by atoms with Gasteiger partial charge in [-0.25, -0.2) is 0 Å². The van der Waals surface area contributed by atoms with Gasteiger partial charge in [0, 0.05) is 23.1 Å². The highest BCUT2D eigenvalue weighted by molar-refractivity contribution is 5.59. The summed E-state index contributed by atoms with van der Waals surface area (Å²) in [4.78, 5) is 14.7. The summed E-state index contributed by atoms with van der Waals surface area (Å²) in [6.45, 7) is 0. The highest BCUT2D eigenvalue weighted by atomic mass is 16.1. The van der Waals surface area contributed by atoms with Crippen molar-refractivity contribution in [1.29, 1.82) is 0 Å². The maximum absolute atomic E-state index is 11.8. The molecular formula is C19H18N2O. The Morgan fingerprint density at radius 1 is 0.773 bits per heavy atom. The lowest BCUT2D eigenvalue weighted by atomic mass is 10.1. The molecule has 0 saturated carbocycles. The number of aromatic nitrogens is 1. The van der Waals surface area contributed by atoms with E-state index in [4.69, 9.17) is 0 Å². The van der Waals surface area contributed by atoms with Crippen molar-refractivity contribution in [3.8, 4) is 0 Å². The van der Waals surface area contributed by atoms with Crippen molar-refractivity contribution in [2.75, 3.05) is 5.32 Å².